The van der Waals surface area contributed by atoms with Gasteiger partial charge in [-0.2, -0.15) is 5.10 Å². The van der Waals surface area contributed by atoms with Gasteiger partial charge in [-0.05, 0) is 13.0 Å². The van der Waals surface area contributed by atoms with Crippen molar-refractivity contribution in [2.45, 2.75) is 6.92 Å². The molecule has 9 nitrogen and oxygen atoms in total. The largest absolute Gasteiger partial charge is 0.480 e. The maximum atomic E-state index is 12.4. The topological polar surface area (TPSA) is 138 Å². The highest BCUT2D eigenvalue weighted by atomic mass is 16.5. The summed E-state index contributed by atoms with van der Waals surface area (Å²) in [5.41, 5.74) is 12.2. The minimum atomic E-state index is -0.739. The molecule has 0 radical (unpaired) electrons. The number of amides is 2. The van der Waals surface area contributed by atoms with Gasteiger partial charge >= 0.3 is 0 Å². The fraction of sp³-hybridized carbons (Fsp3) is 0.231. The molecule has 116 valence electrons. The lowest BCUT2D eigenvalue weighted by molar-refractivity contribution is 0.0995. The summed E-state index contributed by atoms with van der Waals surface area (Å²) in [6.07, 6.45) is 1.37. The first-order valence-corrected chi connectivity index (χ1v) is 6.29. The number of carbonyl (C=O) groups is 2. The smallest absolute Gasteiger partial charge is 0.271 e. The molecule has 2 rings (SSSR count). The third kappa shape index (κ3) is 2.68. The summed E-state index contributed by atoms with van der Waals surface area (Å²) in [5.74, 6) is -1.15. The molecule has 0 saturated heterocycles. The van der Waals surface area contributed by atoms with Crippen molar-refractivity contribution in [1.29, 1.82) is 0 Å². The number of nitrogens with one attached hydrogen (secondary N) is 1. The average molecular weight is 304 g/mol. The lowest BCUT2D eigenvalue weighted by atomic mass is 10.2. The number of carbonyl (C=O) groups excluding carboxylic acids is 2. The second kappa shape index (κ2) is 5.72. The first-order chi connectivity index (χ1) is 10.3. The molecule has 0 aliphatic heterocycles. The standard InChI is InChI=1S/C13H16N6O3/c1-6-9(10(11(15)20)18-19(6)2)17-12(21)8-4-7(14)5-16-13(8)22-3/h4-5H,14H2,1-3H3,(H2,15,20)(H,17,21). The van der Waals surface area contributed by atoms with E-state index < -0.39 is 11.8 Å². The number of nitrogens with zero attached hydrogens (tertiary/aromatic N) is 3. The van der Waals surface area contributed by atoms with E-state index in [1.165, 1.54) is 24.1 Å². The van der Waals surface area contributed by atoms with E-state index in [2.05, 4.69) is 15.4 Å². The Bertz CT molecular complexity index is 752. The van der Waals surface area contributed by atoms with Crippen molar-refractivity contribution in [3.05, 3.63) is 29.2 Å². The van der Waals surface area contributed by atoms with E-state index in [1.54, 1.807) is 14.0 Å². The second-order valence-corrected chi connectivity index (χ2v) is 4.58. The van der Waals surface area contributed by atoms with Crippen LogP contribution in [0.4, 0.5) is 11.4 Å². The number of hydrogen-bond donors (Lipinski definition) is 3. The molecule has 0 fully saturated rings. The first-order valence-electron chi connectivity index (χ1n) is 6.29. The monoisotopic (exact) mass is 304 g/mol. The van der Waals surface area contributed by atoms with E-state index in [0.29, 0.717) is 11.4 Å². The van der Waals surface area contributed by atoms with Crippen LogP contribution in [-0.4, -0.2) is 33.7 Å². The van der Waals surface area contributed by atoms with Gasteiger partial charge in [-0.15, -0.1) is 0 Å². The van der Waals surface area contributed by atoms with Crippen LogP contribution in [0.3, 0.4) is 0 Å². The van der Waals surface area contributed by atoms with Crippen LogP contribution in [0.1, 0.15) is 26.5 Å². The van der Waals surface area contributed by atoms with Crippen molar-refractivity contribution in [3.63, 3.8) is 0 Å². The van der Waals surface area contributed by atoms with Crippen LogP contribution in [0.25, 0.3) is 0 Å². The average Bonchev–Trinajstić information content (AvgIpc) is 2.75. The number of hydrogen-bond acceptors (Lipinski definition) is 6. The Balaban J connectivity index is 2.42. The number of pyridine rings is 1. The predicted octanol–water partition coefficient (Wildman–Crippen LogP) is 0.0655. The van der Waals surface area contributed by atoms with Crippen molar-refractivity contribution < 1.29 is 14.3 Å². The van der Waals surface area contributed by atoms with Crippen LogP contribution in [-0.2, 0) is 7.05 Å². The van der Waals surface area contributed by atoms with Gasteiger partial charge in [0, 0.05) is 7.05 Å². The lowest BCUT2D eigenvalue weighted by Crippen LogP contribution is -2.19. The molecule has 2 aromatic heterocycles. The highest BCUT2D eigenvalue weighted by Gasteiger charge is 2.22. The predicted molar refractivity (Wildman–Crippen MR) is 79.6 cm³/mol. The van der Waals surface area contributed by atoms with Gasteiger partial charge in [0.2, 0.25) is 5.88 Å². The normalized spacial score (nSPS) is 10.3. The number of methoxy groups -OCH3 is 1. The summed E-state index contributed by atoms with van der Waals surface area (Å²) in [6.45, 7) is 1.70. The van der Waals surface area contributed by atoms with Gasteiger partial charge in [-0.1, -0.05) is 0 Å². The van der Waals surface area contributed by atoms with Crippen molar-refractivity contribution in [3.8, 4) is 5.88 Å². The highest BCUT2D eigenvalue weighted by Crippen LogP contribution is 2.23. The summed E-state index contributed by atoms with van der Waals surface area (Å²) < 4.78 is 6.48. The SMILES string of the molecule is COc1ncc(N)cc1C(=O)Nc1c(C(N)=O)nn(C)c1C. The van der Waals surface area contributed by atoms with Gasteiger partial charge in [0.05, 0.1) is 30.4 Å². The van der Waals surface area contributed by atoms with Gasteiger partial charge in [0.1, 0.15) is 5.56 Å². The van der Waals surface area contributed by atoms with Gasteiger partial charge in [0.15, 0.2) is 5.69 Å². The Morgan fingerprint density at radius 2 is 2.09 bits per heavy atom. The number of nitrogens with two attached hydrogens (primary N) is 2. The van der Waals surface area contributed by atoms with Crippen molar-refractivity contribution in [2.75, 3.05) is 18.2 Å². The Kier molecular flexibility index (Phi) is 3.97. The van der Waals surface area contributed by atoms with Crippen LogP contribution >= 0.6 is 0 Å². The maximum absolute atomic E-state index is 12.4. The first kappa shape index (κ1) is 15.3. The number of primary amides is 1. The maximum Gasteiger partial charge on any atom is 0.271 e. The number of aryl methyl sites for hydroxylation is 1. The molecule has 0 atom stereocenters. The molecule has 2 amide bonds. The molecule has 5 N–H and O–H groups in total. The van der Waals surface area contributed by atoms with E-state index in [0.717, 1.165) is 0 Å². The van der Waals surface area contributed by atoms with Crippen molar-refractivity contribution in [1.82, 2.24) is 14.8 Å². The van der Waals surface area contributed by atoms with Gasteiger partial charge in [-0.3, -0.25) is 14.3 Å². The van der Waals surface area contributed by atoms with E-state index >= 15 is 0 Å². The van der Waals surface area contributed by atoms with Crippen molar-refractivity contribution >= 4 is 23.2 Å². The van der Waals surface area contributed by atoms with Crippen molar-refractivity contribution in [2.24, 2.45) is 12.8 Å². The van der Waals surface area contributed by atoms with Gasteiger partial charge in [0.25, 0.3) is 11.8 Å². The van der Waals surface area contributed by atoms with Gasteiger partial charge < -0.3 is 21.5 Å². The molecule has 0 bridgehead atoms. The molecule has 0 aliphatic rings. The molecule has 2 aromatic rings. The number of rotatable bonds is 4. The molecule has 0 aromatic carbocycles. The second-order valence-electron chi connectivity index (χ2n) is 4.58. The fourth-order valence-electron chi connectivity index (χ4n) is 1.90. The summed E-state index contributed by atoms with van der Waals surface area (Å²) in [5, 5.41) is 6.57. The van der Waals surface area contributed by atoms with Crippen LogP contribution in [0.15, 0.2) is 12.3 Å². The summed E-state index contributed by atoms with van der Waals surface area (Å²) in [6, 6.07) is 1.43. The molecular formula is C13H16N6O3. The lowest BCUT2D eigenvalue weighted by Gasteiger charge is -2.09. The van der Waals surface area contributed by atoms with E-state index in [1.807, 2.05) is 0 Å². The Labute approximate surface area is 126 Å². The number of aromatic nitrogens is 3. The molecule has 2 heterocycles. The summed E-state index contributed by atoms with van der Waals surface area (Å²) in [7, 11) is 3.03. The van der Waals surface area contributed by atoms with E-state index in [4.69, 9.17) is 16.2 Å². The summed E-state index contributed by atoms with van der Waals surface area (Å²) in [4.78, 5) is 27.8. The van der Waals surface area contributed by atoms with Crippen LogP contribution in [0.5, 0.6) is 5.88 Å². The van der Waals surface area contributed by atoms with Crippen LogP contribution in [0, 0.1) is 6.92 Å². The number of anilines is 2. The van der Waals surface area contributed by atoms with E-state index in [9.17, 15) is 9.59 Å². The highest BCUT2D eigenvalue weighted by molar-refractivity contribution is 6.09. The Hall–Kier alpha value is -3.10. The van der Waals surface area contributed by atoms with E-state index in [-0.39, 0.29) is 22.8 Å². The molecule has 0 spiro atoms. The minimum absolute atomic E-state index is 0.0239. The number of ether oxygens (including phenoxy) is 1. The third-order valence-electron chi connectivity index (χ3n) is 3.12. The third-order valence-corrected chi connectivity index (χ3v) is 3.12. The molecular weight excluding hydrogens is 288 g/mol. The molecule has 0 aliphatic carbocycles. The molecule has 9 heteroatoms. The molecule has 22 heavy (non-hydrogen) atoms. The Morgan fingerprint density at radius 3 is 2.68 bits per heavy atom. The summed E-state index contributed by atoms with van der Waals surface area (Å²) >= 11 is 0. The van der Waals surface area contributed by atoms with Crippen LogP contribution in [0.2, 0.25) is 0 Å². The quantitative estimate of drug-likeness (QED) is 0.730. The van der Waals surface area contributed by atoms with Crippen LogP contribution < -0.4 is 21.5 Å². The zero-order chi connectivity index (χ0) is 16.4. The molecule has 0 unspecified atom stereocenters. The zero-order valence-electron chi connectivity index (χ0n) is 12.4. The van der Waals surface area contributed by atoms with Gasteiger partial charge in [-0.25, -0.2) is 4.98 Å². The fourth-order valence-corrected chi connectivity index (χ4v) is 1.90. The Morgan fingerprint density at radius 1 is 1.41 bits per heavy atom. The minimum Gasteiger partial charge on any atom is -0.480 e. The number of nitrogen functional groups attached to an aromatic ring is 1. The molecule has 0 saturated carbocycles. The zero-order valence-corrected chi connectivity index (χ0v) is 12.4.